The first-order valence-electron chi connectivity index (χ1n) is 11.4. The van der Waals surface area contributed by atoms with Gasteiger partial charge in [0.25, 0.3) is 10.0 Å². The highest BCUT2D eigenvalue weighted by Gasteiger charge is 2.25. The lowest BCUT2D eigenvalue weighted by molar-refractivity contribution is -0.118. The predicted molar refractivity (Wildman–Crippen MR) is 135 cm³/mol. The molecule has 6 nitrogen and oxygen atoms in total. The molecule has 1 amide bonds. The number of pyridine rings is 1. The normalized spacial score (nSPS) is 12.0. The van der Waals surface area contributed by atoms with Crippen LogP contribution in [0.2, 0.25) is 0 Å². The summed E-state index contributed by atoms with van der Waals surface area (Å²) in [5, 5.41) is 0. The van der Waals surface area contributed by atoms with Gasteiger partial charge in [-0.3, -0.25) is 4.79 Å². The molecule has 0 fully saturated rings. The van der Waals surface area contributed by atoms with E-state index in [4.69, 9.17) is 4.74 Å². The Labute approximate surface area is 210 Å². The van der Waals surface area contributed by atoms with Crippen LogP contribution >= 0.6 is 0 Å². The molecule has 2 aromatic carbocycles. The number of rotatable bonds is 8. The van der Waals surface area contributed by atoms with Crippen molar-refractivity contribution in [3.05, 3.63) is 76.7 Å². The first kappa shape index (κ1) is 27.3. The summed E-state index contributed by atoms with van der Waals surface area (Å²) >= 11 is 0. The second kappa shape index (κ2) is 10.3. The van der Waals surface area contributed by atoms with Gasteiger partial charge in [0.1, 0.15) is 11.5 Å². The zero-order valence-electron chi connectivity index (χ0n) is 21.1. The number of aromatic nitrogens is 1. The van der Waals surface area contributed by atoms with Crippen molar-refractivity contribution in [3.8, 4) is 17.0 Å². The maximum absolute atomic E-state index is 14.6. The minimum absolute atomic E-state index is 0.119. The van der Waals surface area contributed by atoms with Gasteiger partial charge in [0, 0.05) is 12.3 Å². The maximum atomic E-state index is 14.6. The summed E-state index contributed by atoms with van der Waals surface area (Å²) in [5.74, 6) is -1.08. The molecule has 0 aliphatic rings. The summed E-state index contributed by atoms with van der Waals surface area (Å²) in [6.07, 6.45) is 1.20. The minimum atomic E-state index is -4.23. The van der Waals surface area contributed by atoms with Crippen LogP contribution in [0.3, 0.4) is 0 Å². The number of methoxy groups -OCH3 is 1. The molecule has 1 N–H and O–H groups in total. The fraction of sp³-hybridized carbons (Fsp3) is 0.333. The molecular formula is C27H30F2N2O4S. The Morgan fingerprint density at radius 3 is 2.42 bits per heavy atom. The molecule has 0 radical (unpaired) electrons. The van der Waals surface area contributed by atoms with Gasteiger partial charge in [-0.25, -0.2) is 26.9 Å². The molecular weight excluding hydrogens is 486 g/mol. The van der Waals surface area contributed by atoms with Crippen LogP contribution in [0.1, 0.15) is 55.9 Å². The van der Waals surface area contributed by atoms with Crippen LogP contribution in [-0.2, 0) is 26.9 Å². The van der Waals surface area contributed by atoms with Crippen LogP contribution in [0.25, 0.3) is 11.1 Å². The number of carbonyl (C=O) groups is 1. The van der Waals surface area contributed by atoms with E-state index in [1.165, 1.54) is 57.5 Å². The van der Waals surface area contributed by atoms with Gasteiger partial charge in [0.15, 0.2) is 0 Å². The van der Waals surface area contributed by atoms with E-state index in [9.17, 15) is 22.0 Å². The molecule has 9 heteroatoms. The summed E-state index contributed by atoms with van der Waals surface area (Å²) in [4.78, 5) is 17.0. The van der Waals surface area contributed by atoms with Crippen molar-refractivity contribution in [1.82, 2.24) is 9.71 Å². The van der Waals surface area contributed by atoms with Gasteiger partial charge >= 0.3 is 0 Å². The van der Waals surface area contributed by atoms with Crippen molar-refractivity contribution in [2.45, 2.75) is 57.5 Å². The fourth-order valence-corrected chi connectivity index (χ4v) is 5.25. The summed E-state index contributed by atoms with van der Waals surface area (Å²) in [7, 11) is -2.77. The number of halogens is 2. The van der Waals surface area contributed by atoms with E-state index in [2.05, 4.69) is 9.71 Å². The van der Waals surface area contributed by atoms with Crippen molar-refractivity contribution < 1.29 is 26.7 Å². The molecule has 0 saturated carbocycles. The van der Waals surface area contributed by atoms with Gasteiger partial charge in [-0.1, -0.05) is 26.0 Å². The molecule has 3 aromatic rings. The first-order chi connectivity index (χ1) is 16.7. The van der Waals surface area contributed by atoms with Crippen molar-refractivity contribution in [2.24, 2.45) is 0 Å². The molecule has 0 aliphatic carbocycles. The van der Waals surface area contributed by atoms with E-state index in [1.807, 2.05) is 13.8 Å². The lowest BCUT2D eigenvalue weighted by Crippen LogP contribution is -2.32. The van der Waals surface area contributed by atoms with E-state index in [1.54, 1.807) is 19.1 Å². The number of alkyl halides is 1. The zero-order chi connectivity index (χ0) is 26.8. The second-order valence-electron chi connectivity index (χ2n) is 9.42. The van der Waals surface area contributed by atoms with Gasteiger partial charge in [-0.15, -0.1) is 0 Å². The van der Waals surface area contributed by atoms with Crippen molar-refractivity contribution >= 4 is 15.9 Å². The number of nitrogens with zero attached hydrogens (tertiary/aromatic N) is 1. The Bertz CT molecular complexity index is 1400. The lowest BCUT2D eigenvalue weighted by atomic mass is 9.88. The Hall–Kier alpha value is -3.33. The molecule has 1 aromatic heterocycles. The fourth-order valence-electron chi connectivity index (χ4n) is 4.04. The molecule has 192 valence electrons. The van der Waals surface area contributed by atoms with Crippen LogP contribution < -0.4 is 9.46 Å². The second-order valence-corrected chi connectivity index (χ2v) is 11.1. The molecule has 36 heavy (non-hydrogen) atoms. The van der Waals surface area contributed by atoms with Crippen LogP contribution in [0.5, 0.6) is 5.88 Å². The Balaban J connectivity index is 1.99. The highest BCUT2D eigenvalue weighted by Crippen LogP contribution is 2.33. The number of hydrogen-bond acceptors (Lipinski definition) is 5. The van der Waals surface area contributed by atoms with E-state index in [0.29, 0.717) is 39.3 Å². The third-order valence-electron chi connectivity index (χ3n) is 5.86. The van der Waals surface area contributed by atoms with E-state index in [-0.39, 0.29) is 17.2 Å². The standard InChI is InChI=1S/C27H30F2N2O4S/c1-16(2)21-13-20(28)14-22(18-9-10-30-26(12-18)35-6)23(21)15-25(32)31-36(33,34)24-8-7-19(11-17(24)3)27(4,5)29/h7-14,16H,15H2,1-6H3,(H,31,32). The quantitative estimate of drug-likeness (QED) is 0.423. The average Bonchev–Trinajstić information content (AvgIpc) is 2.78. The van der Waals surface area contributed by atoms with Gasteiger partial charge < -0.3 is 4.74 Å². The summed E-state index contributed by atoms with van der Waals surface area (Å²) in [6.45, 7) is 8.02. The third kappa shape index (κ3) is 6.07. The van der Waals surface area contributed by atoms with E-state index < -0.39 is 27.4 Å². The number of aryl methyl sites for hydroxylation is 1. The molecule has 1 heterocycles. The highest BCUT2D eigenvalue weighted by atomic mass is 32.2. The summed E-state index contributed by atoms with van der Waals surface area (Å²) < 4.78 is 62.2. The van der Waals surface area contributed by atoms with Crippen LogP contribution in [0, 0.1) is 12.7 Å². The number of sulfonamides is 1. The van der Waals surface area contributed by atoms with Crippen LogP contribution in [-0.4, -0.2) is 26.4 Å². The van der Waals surface area contributed by atoms with Crippen molar-refractivity contribution in [2.75, 3.05) is 7.11 Å². The Morgan fingerprint density at radius 2 is 1.83 bits per heavy atom. The SMILES string of the molecule is COc1cc(-c2cc(F)cc(C(C)C)c2CC(=O)NS(=O)(=O)c2ccc(C(C)(C)F)cc2C)ccn1. The summed E-state index contributed by atoms with van der Waals surface area (Å²) in [6, 6.07) is 10.1. The van der Waals surface area contributed by atoms with Crippen LogP contribution in [0.4, 0.5) is 8.78 Å². The van der Waals surface area contributed by atoms with Gasteiger partial charge in [-0.2, -0.15) is 0 Å². The van der Waals surface area contributed by atoms with Crippen molar-refractivity contribution in [3.63, 3.8) is 0 Å². The molecule has 0 unspecified atom stereocenters. The Kier molecular flexibility index (Phi) is 7.83. The smallest absolute Gasteiger partial charge is 0.264 e. The molecule has 3 rings (SSSR count). The van der Waals surface area contributed by atoms with Gasteiger partial charge in [0.05, 0.1) is 18.4 Å². The minimum Gasteiger partial charge on any atom is -0.481 e. The highest BCUT2D eigenvalue weighted by molar-refractivity contribution is 7.90. The monoisotopic (exact) mass is 516 g/mol. The van der Waals surface area contributed by atoms with Crippen molar-refractivity contribution in [1.29, 1.82) is 0 Å². The molecule has 0 saturated heterocycles. The average molecular weight is 517 g/mol. The first-order valence-corrected chi connectivity index (χ1v) is 12.9. The lowest BCUT2D eigenvalue weighted by Gasteiger charge is -2.19. The van der Waals surface area contributed by atoms with E-state index >= 15 is 0 Å². The van der Waals surface area contributed by atoms with Crippen LogP contribution in [0.15, 0.2) is 53.6 Å². The molecule has 0 spiro atoms. The number of amides is 1. The largest absolute Gasteiger partial charge is 0.481 e. The van der Waals surface area contributed by atoms with Gasteiger partial charge in [-0.05, 0) is 84.3 Å². The third-order valence-corrected chi connectivity index (χ3v) is 7.40. The topological polar surface area (TPSA) is 85.4 Å². The van der Waals surface area contributed by atoms with Gasteiger partial charge in [0.2, 0.25) is 11.8 Å². The number of benzene rings is 2. The summed E-state index contributed by atoms with van der Waals surface area (Å²) in [5.41, 5.74) is 1.10. The predicted octanol–water partition coefficient (Wildman–Crippen LogP) is 5.58. The maximum Gasteiger partial charge on any atom is 0.264 e. The number of ether oxygens (including phenoxy) is 1. The zero-order valence-corrected chi connectivity index (χ0v) is 22.0. The van der Waals surface area contributed by atoms with E-state index in [0.717, 1.165) is 0 Å². The Morgan fingerprint density at radius 1 is 1.14 bits per heavy atom. The number of nitrogens with one attached hydrogen (secondary N) is 1. The number of hydrogen-bond donors (Lipinski definition) is 1. The molecule has 0 atom stereocenters. The number of carbonyl (C=O) groups excluding carboxylic acids is 1. The molecule has 0 aliphatic heterocycles. The molecule has 0 bridgehead atoms.